The first-order valence-electron chi connectivity index (χ1n) is 13.3. The van der Waals surface area contributed by atoms with Crippen LogP contribution in [0.25, 0.3) is 0 Å². The fraction of sp³-hybridized carbons (Fsp3) is 0.862. The molecule has 4 saturated carbocycles. The van der Waals surface area contributed by atoms with E-state index in [1.165, 1.54) is 32.1 Å². The molecule has 4 aliphatic rings. The van der Waals surface area contributed by atoms with E-state index in [0.717, 1.165) is 18.8 Å². The highest BCUT2D eigenvalue weighted by Gasteiger charge is 2.62. The second-order valence-electron chi connectivity index (χ2n) is 12.6. The van der Waals surface area contributed by atoms with Crippen LogP contribution < -0.4 is 0 Å². The van der Waals surface area contributed by atoms with Crippen molar-refractivity contribution in [3.05, 3.63) is 12.2 Å². The lowest BCUT2D eigenvalue weighted by Crippen LogP contribution is -2.56. The first-order chi connectivity index (χ1) is 14.6. The summed E-state index contributed by atoms with van der Waals surface area (Å²) in [6.07, 6.45) is 14.4. The van der Waals surface area contributed by atoms with E-state index in [0.29, 0.717) is 65.3 Å². The molecule has 0 radical (unpaired) electrons. The van der Waals surface area contributed by atoms with Crippen molar-refractivity contribution in [2.24, 2.45) is 58.2 Å². The number of carbonyl (C=O) groups is 2. The van der Waals surface area contributed by atoms with E-state index < -0.39 is 0 Å². The summed E-state index contributed by atoms with van der Waals surface area (Å²) >= 11 is 0. The molecule has 4 fully saturated rings. The highest BCUT2D eigenvalue weighted by molar-refractivity contribution is 5.90. The Hall–Kier alpha value is -0.920. The maximum Gasteiger partial charge on any atom is 0.137 e. The van der Waals surface area contributed by atoms with Crippen molar-refractivity contribution in [1.29, 1.82) is 0 Å². The monoisotopic (exact) mass is 426 g/mol. The minimum Gasteiger partial charge on any atom is -0.300 e. The lowest BCUT2D eigenvalue weighted by atomic mass is 9.44. The number of Topliss-reactive ketones (excluding diaryl/α,β-unsaturated/α-hetero) is 2. The van der Waals surface area contributed by atoms with Crippen LogP contribution in [-0.4, -0.2) is 11.6 Å². The van der Waals surface area contributed by atoms with E-state index in [1.54, 1.807) is 0 Å². The van der Waals surface area contributed by atoms with Crippen LogP contribution in [0.2, 0.25) is 0 Å². The Bertz CT molecular complexity index is 735. The minimum absolute atomic E-state index is 0.0143. The standard InChI is InChI=1S/C29H46O2/c1-7-20(18(2)3)9-8-19(4)23-10-11-24-22-17-27(31)26-16-21(30)12-14-29(26,6)25(22)13-15-28(23,24)5/h8-9,18-20,22-26H,7,10-17H2,1-6H3/b9-8+/t19-,20-,22+,23-,24+,25+,26+,28-,29-/m1/s1. The summed E-state index contributed by atoms with van der Waals surface area (Å²) < 4.78 is 0. The Kier molecular flexibility index (Phi) is 6.34. The first-order valence-corrected chi connectivity index (χ1v) is 13.3. The van der Waals surface area contributed by atoms with Crippen molar-refractivity contribution in [2.75, 3.05) is 0 Å². The summed E-state index contributed by atoms with van der Waals surface area (Å²) in [4.78, 5) is 25.4. The molecule has 0 bridgehead atoms. The summed E-state index contributed by atoms with van der Waals surface area (Å²) in [5, 5.41) is 0. The third-order valence-electron chi connectivity index (χ3n) is 11.0. The summed E-state index contributed by atoms with van der Waals surface area (Å²) in [6.45, 7) is 14.4. The Balaban J connectivity index is 1.54. The van der Waals surface area contributed by atoms with Gasteiger partial charge >= 0.3 is 0 Å². The van der Waals surface area contributed by atoms with Gasteiger partial charge in [-0.25, -0.2) is 0 Å². The summed E-state index contributed by atoms with van der Waals surface area (Å²) in [5.41, 5.74) is 0.447. The van der Waals surface area contributed by atoms with E-state index in [1.807, 2.05) is 0 Å². The molecule has 0 N–H and O–H groups in total. The zero-order valence-corrected chi connectivity index (χ0v) is 21.0. The van der Waals surface area contributed by atoms with Crippen molar-refractivity contribution in [2.45, 2.75) is 99.3 Å². The third-order valence-corrected chi connectivity index (χ3v) is 11.0. The van der Waals surface area contributed by atoms with Gasteiger partial charge in [-0.3, -0.25) is 9.59 Å². The number of carbonyl (C=O) groups excluding carboxylic acids is 2. The maximum absolute atomic E-state index is 13.3. The quantitative estimate of drug-likeness (QED) is 0.433. The van der Waals surface area contributed by atoms with E-state index in [-0.39, 0.29) is 11.3 Å². The van der Waals surface area contributed by atoms with Crippen molar-refractivity contribution >= 4 is 11.6 Å². The smallest absolute Gasteiger partial charge is 0.137 e. The molecule has 9 atom stereocenters. The lowest BCUT2D eigenvalue weighted by Gasteiger charge is -2.59. The van der Waals surface area contributed by atoms with Gasteiger partial charge in [0.15, 0.2) is 0 Å². The van der Waals surface area contributed by atoms with Crippen LogP contribution in [0, 0.1) is 58.2 Å². The molecule has 2 heteroatoms. The van der Waals surface area contributed by atoms with E-state index in [4.69, 9.17) is 0 Å². The van der Waals surface area contributed by atoms with Gasteiger partial charge in [0.1, 0.15) is 11.6 Å². The van der Waals surface area contributed by atoms with Gasteiger partial charge in [0, 0.05) is 25.2 Å². The molecule has 0 spiro atoms. The molecule has 0 aromatic heterocycles. The SMILES string of the molecule is CC[C@H](/C=C/[C@@H](C)[C@H]1CC[C@H]2[C@@H]3CC(=O)[C@@H]4CC(=O)CC[C@]4(C)[C@H]3CC[C@]12C)C(C)C. The molecule has 0 aromatic rings. The lowest BCUT2D eigenvalue weighted by molar-refractivity contribution is -0.158. The molecule has 4 aliphatic carbocycles. The van der Waals surface area contributed by atoms with E-state index in [9.17, 15) is 9.59 Å². The van der Waals surface area contributed by atoms with Gasteiger partial charge in [0.05, 0.1) is 0 Å². The molecular formula is C29H46O2. The molecular weight excluding hydrogens is 380 g/mol. The van der Waals surface area contributed by atoms with Crippen LogP contribution in [0.3, 0.4) is 0 Å². The summed E-state index contributed by atoms with van der Waals surface area (Å²) in [6, 6.07) is 0. The highest BCUT2D eigenvalue weighted by Crippen LogP contribution is 2.67. The van der Waals surface area contributed by atoms with Gasteiger partial charge < -0.3 is 0 Å². The van der Waals surface area contributed by atoms with Crippen molar-refractivity contribution in [3.8, 4) is 0 Å². The van der Waals surface area contributed by atoms with Crippen molar-refractivity contribution in [1.82, 2.24) is 0 Å². The molecule has 31 heavy (non-hydrogen) atoms. The largest absolute Gasteiger partial charge is 0.300 e. The first kappa shape index (κ1) is 23.2. The zero-order chi connectivity index (χ0) is 22.6. The molecule has 174 valence electrons. The molecule has 0 heterocycles. The van der Waals surface area contributed by atoms with Crippen LogP contribution in [0.1, 0.15) is 99.3 Å². The predicted molar refractivity (Wildman–Crippen MR) is 128 cm³/mol. The van der Waals surface area contributed by atoms with Crippen LogP contribution >= 0.6 is 0 Å². The predicted octanol–water partition coefficient (Wildman–Crippen LogP) is 7.27. The molecule has 0 aromatic carbocycles. The normalized spacial score (nSPS) is 44.8. The Morgan fingerprint density at radius 3 is 2.32 bits per heavy atom. The Morgan fingerprint density at radius 1 is 0.935 bits per heavy atom. The maximum atomic E-state index is 13.3. The number of rotatable bonds is 5. The van der Waals surface area contributed by atoms with Gasteiger partial charge in [0.2, 0.25) is 0 Å². The number of hydrogen-bond acceptors (Lipinski definition) is 2. The van der Waals surface area contributed by atoms with Crippen molar-refractivity contribution in [3.63, 3.8) is 0 Å². The minimum atomic E-state index is 0.0143. The van der Waals surface area contributed by atoms with E-state index in [2.05, 4.69) is 53.7 Å². The average molecular weight is 427 g/mol. The molecule has 0 saturated heterocycles. The second-order valence-corrected chi connectivity index (χ2v) is 12.6. The molecule has 0 aliphatic heterocycles. The van der Waals surface area contributed by atoms with Crippen LogP contribution in [0.5, 0.6) is 0 Å². The van der Waals surface area contributed by atoms with E-state index >= 15 is 0 Å². The van der Waals surface area contributed by atoms with Crippen LogP contribution in [0.4, 0.5) is 0 Å². The molecule has 2 nitrogen and oxygen atoms in total. The Morgan fingerprint density at radius 2 is 1.65 bits per heavy atom. The summed E-state index contributed by atoms with van der Waals surface area (Å²) in [7, 11) is 0. The highest BCUT2D eigenvalue weighted by atomic mass is 16.1. The van der Waals surface area contributed by atoms with Gasteiger partial charge in [-0.2, -0.15) is 0 Å². The number of fused-ring (bicyclic) bond motifs is 5. The molecule has 4 rings (SSSR count). The number of allylic oxidation sites excluding steroid dienone is 2. The number of ketones is 2. The second kappa shape index (κ2) is 8.45. The topological polar surface area (TPSA) is 34.1 Å². The van der Waals surface area contributed by atoms with Gasteiger partial charge in [-0.1, -0.05) is 53.7 Å². The third kappa shape index (κ3) is 3.78. The average Bonchev–Trinajstić information content (AvgIpc) is 3.07. The molecule has 0 amide bonds. The van der Waals surface area contributed by atoms with Gasteiger partial charge in [0.25, 0.3) is 0 Å². The summed E-state index contributed by atoms with van der Waals surface area (Å²) in [5.74, 6) is 5.41. The fourth-order valence-corrected chi connectivity index (χ4v) is 9.02. The molecule has 0 unspecified atom stereocenters. The van der Waals surface area contributed by atoms with Crippen molar-refractivity contribution < 1.29 is 9.59 Å². The zero-order valence-electron chi connectivity index (χ0n) is 21.0. The van der Waals surface area contributed by atoms with Gasteiger partial charge in [-0.05, 0) is 90.8 Å². The van der Waals surface area contributed by atoms with Crippen LogP contribution in [0.15, 0.2) is 12.2 Å². The number of hydrogen-bond donors (Lipinski definition) is 0. The van der Waals surface area contributed by atoms with Gasteiger partial charge in [-0.15, -0.1) is 0 Å². The Labute approximate surface area is 191 Å². The fourth-order valence-electron chi connectivity index (χ4n) is 9.02. The van der Waals surface area contributed by atoms with Crippen LogP contribution in [-0.2, 0) is 9.59 Å².